The van der Waals surface area contributed by atoms with Crippen LogP contribution in [0.3, 0.4) is 0 Å². The number of amides is 2. The zero-order chi connectivity index (χ0) is 30.0. The Morgan fingerprint density at radius 1 is 1.08 bits per heavy atom. The van der Waals surface area contributed by atoms with Gasteiger partial charge in [0, 0.05) is 66.0 Å². The van der Waals surface area contributed by atoms with Crippen LogP contribution in [0.1, 0.15) is 27.4 Å². The third kappa shape index (κ3) is 5.42. The molecule has 0 spiro atoms. The second kappa shape index (κ2) is 10.7. The lowest BCUT2D eigenvalue weighted by molar-refractivity contribution is -0.117. The van der Waals surface area contributed by atoms with Crippen LogP contribution in [0.25, 0.3) is 22.5 Å². The van der Waals surface area contributed by atoms with Crippen molar-refractivity contribution in [3.05, 3.63) is 65.2 Å². The Balaban J connectivity index is 1.48. The molecule has 1 aliphatic carbocycles. The summed E-state index contributed by atoms with van der Waals surface area (Å²) in [6, 6.07) is 6.50. The van der Waals surface area contributed by atoms with Crippen molar-refractivity contribution in [1.29, 1.82) is 0 Å². The van der Waals surface area contributed by atoms with E-state index in [0.717, 1.165) is 12.8 Å². The second-order valence-electron chi connectivity index (χ2n) is 8.75. The molecule has 5 rings (SSSR count). The molecule has 4 aromatic rings. The van der Waals surface area contributed by atoms with Gasteiger partial charge in [-0.25, -0.2) is 19.7 Å². The zero-order valence-corrected chi connectivity index (χ0v) is 20.9. The van der Waals surface area contributed by atoms with Crippen LogP contribution < -0.4 is 26.4 Å². The van der Waals surface area contributed by atoms with Crippen LogP contribution in [0.4, 0.5) is 17.2 Å². The molecule has 1 aromatic carbocycles. The summed E-state index contributed by atoms with van der Waals surface area (Å²) in [5.41, 5.74) is 1.56. The van der Waals surface area contributed by atoms with E-state index in [1.807, 2.05) is 5.32 Å². The van der Waals surface area contributed by atoms with Gasteiger partial charge in [0.1, 0.15) is 0 Å². The molecule has 0 radical (unpaired) electrons. The highest BCUT2D eigenvalue weighted by Crippen LogP contribution is 2.37. The second-order valence-corrected chi connectivity index (χ2v) is 8.75. The lowest BCUT2D eigenvalue weighted by Gasteiger charge is -2.16. The molecule has 0 bridgehead atoms. The maximum Gasteiger partial charge on any atom is 0.347 e. The third-order valence-electron chi connectivity index (χ3n) is 5.99. The van der Waals surface area contributed by atoms with Crippen LogP contribution in [0.5, 0.6) is 5.75 Å². The first-order chi connectivity index (χ1) is 20.0. The van der Waals surface area contributed by atoms with Crippen LogP contribution in [-0.2, 0) is 11.8 Å². The molecule has 0 unspecified atom stereocenters. The van der Waals surface area contributed by atoms with Crippen molar-refractivity contribution in [1.82, 2.24) is 35.0 Å². The molecular formula is C26H25N9O4. The van der Waals surface area contributed by atoms with Crippen molar-refractivity contribution in [2.45, 2.75) is 12.8 Å². The summed E-state index contributed by atoms with van der Waals surface area (Å²) in [5, 5.41) is 15.4. The van der Waals surface area contributed by atoms with Crippen molar-refractivity contribution in [3.63, 3.8) is 0 Å². The van der Waals surface area contributed by atoms with Gasteiger partial charge in [0.25, 0.3) is 5.91 Å². The average Bonchev–Trinajstić information content (AvgIpc) is 3.80. The summed E-state index contributed by atoms with van der Waals surface area (Å²) in [7, 11) is 3.04. The summed E-state index contributed by atoms with van der Waals surface area (Å²) in [6.07, 6.45) is 7.79. The van der Waals surface area contributed by atoms with Crippen LogP contribution in [0.2, 0.25) is 0 Å². The summed E-state index contributed by atoms with van der Waals surface area (Å²) < 4.78 is 29.2. The number of anilines is 3. The highest BCUT2D eigenvalue weighted by Gasteiger charge is 2.30. The fourth-order valence-electron chi connectivity index (χ4n) is 3.80. The van der Waals surface area contributed by atoms with Gasteiger partial charge in [-0.05, 0) is 25.0 Å². The number of aromatic nitrogens is 6. The van der Waals surface area contributed by atoms with E-state index in [0.29, 0.717) is 34.0 Å². The zero-order valence-electron chi connectivity index (χ0n) is 23.9. The minimum Gasteiger partial charge on any atom is -0.494 e. The number of para-hydroxylation sites is 1. The van der Waals surface area contributed by atoms with E-state index < -0.39 is 12.9 Å². The van der Waals surface area contributed by atoms with Gasteiger partial charge in [-0.15, -0.1) is 10.2 Å². The van der Waals surface area contributed by atoms with Crippen molar-refractivity contribution in [2.75, 3.05) is 24.7 Å². The molecule has 39 heavy (non-hydrogen) atoms. The number of carbonyl (C=O) groups is 2. The number of benzene rings is 1. The van der Waals surface area contributed by atoms with Gasteiger partial charge in [-0.2, -0.15) is 0 Å². The van der Waals surface area contributed by atoms with Crippen LogP contribution in [0, 0.1) is 5.92 Å². The molecule has 198 valence electrons. The molecule has 1 fully saturated rings. The smallest absolute Gasteiger partial charge is 0.347 e. The Morgan fingerprint density at radius 2 is 1.85 bits per heavy atom. The van der Waals surface area contributed by atoms with Gasteiger partial charge in [0.15, 0.2) is 23.1 Å². The molecule has 1 aliphatic rings. The molecule has 2 amide bonds. The molecule has 3 N–H and O–H groups in total. The van der Waals surface area contributed by atoms with Crippen molar-refractivity contribution in [2.24, 2.45) is 13.0 Å². The predicted octanol–water partition coefficient (Wildman–Crippen LogP) is 2.15. The average molecular weight is 531 g/mol. The number of hydrogen-bond acceptors (Lipinski definition) is 10. The lowest BCUT2D eigenvalue weighted by Crippen LogP contribution is -2.22. The Morgan fingerprint density at radius 3 is 2.54 bits per heavy atom. The molecule has 0 aliphatic heterocycles. The standard InChI is InChI=1S/C26H25N9O4/c1-27-25(37)21-19(9-20(33-34-21)32-24(36)14-7-8-14)31-18-6-4-5-17(22(18)39-3)23-28-10-15(11-29-23)16-12-30-26(38)35(2)13-16/h4-6,9-14H,7-8H2,1-3H3,(H,27,37)(H2,31,32,33,36)/i1D3. The van der Waals surface area contributed by atoms with Crippen LogP contribution >= 0.6 is 0 Å². The van der Waals surface area contributed by atoms with Gasteiger partial charge in [0.2, 0.25) is 5.91 Å². The number of nitrogens with zero attached hydrogens (tertiary/aromatic N) is 6. The normalized spacial score (nSPS) is 13.9. The SMILES string of the molecule is [2H]C([2H])([2H])NC(=O)c1nnc(NC(=O)C2CC2)cc1Nc1cccc(-c2ncc(-c3cnc(=O)n(C)c3)cn2)c1OC. The van der Waals surface area contributed by atoms with E-state index in [4.69, 9.17) is 8.85 Å². The third-order valence-corrected chi connectivity index (χ3v) is 5.99. The highest BCUT2D eigenvalue weighted by atomic mass is 16.5. The molecule has 3 heterocycles. The maximum atomic E-state index is 12.8. The minimum atomic E-state index is -2.76. The number of nitrogens with one attached hydrogen (secondary N) is 3. The first kappa shape index (κ1) is 21.8. The molecule has 3 aromatic heterocycles. The van der Waals surface area contributed by atoms with Crippen molar-refractivity contribution in [3.8, 4) is 28.3 Å². The number of aryl methyl sites for hydroxylation is 1. The Labute approximate surface area is 226 Å². The van der Waals surface area contributed by atoms with E-state index in [-0.39, 0.29) is 34.7 Å². The predicted molar refractivity (Wildman–Crippen MR) is 143 cm³/mol. The number of rotatable bonds is 8. The van der Waals surface area contributed by atoms with E-state index in [9.17, 15) is 14.4 Å². The molecule has 13 nitrogen and oxygen atoms in total. The van der Waals surface area contributed by atoms with Crippen LogP contribution in [0.15, 0.2) is 53.8 Å². The Bertz CT molecular complexity index is 1720. The van der Waals surface area contributed by atoms with Gasteiger partial charge in [-0.3, -0.25) is 9.59 Å². The molecule has 13 heteroatoms. The number of hydrogen-bond donors (Lipinski definition) is 3. The van der Waals surface area contributed by atoms with E-state index in [1.54, 1.807) is 43.8 Å². The lowest BCUT2D eigenvalue weighted by atomic mass is 10.1. The molecule has 0 saturated heterocycles. The fraction of sp³-hybridized carbons (Fsp3) is 0.231. The fourth-order valence-corrected chi connectivity index (χ4v) is 3.80. The van der Waals surface area contributed by atoms with Gasteiger partial charge in [0.05, 0.1) is 24.0 Å². The number of carbonyl (C=O) groups excluding carboxylic acids is 2. The molecular weight excluding hydrogens is 502 g/mol. The molecule has 0 atom stereocenters. The first-order valence-corrected chi connectivity index (χ1v) is 11.8. The van der Waals surface area contributed by atoms with Crippen molar-refractivity contribution >= 4 is 29.0 Å². The van der Waals surface area contributed by atoms with Gasteiger partial charge in [-0.1, -0.05) is 6.07 Å². The van der Waals surface area contributed by atoms with E-state index in [2.05, 4.69) is 35.8 Å². The Kier molecular flexibility index (Phi) is 5.97. The summed E-state index contributed by atoms with van der Waals surface area (Å²) in [5.74, 6) is -0.591. The van der Waals surface area contributed by atoms with Gasteiger partial charge >= 0.3 is 5.69 Å². The topological polar surface area (TPSA) is 166 Å². The van der Waals surface area contributed by atoms with E-state index >= 15 is 0 Å². The first-order valence-electron chi connectivity index (χ1n) is 13.3. The monoisotopic (exact) mass is 530 g/mol. The van der Waals surface area contributed by atoms with Gasteiger partial charge < -0.3 is 25.3 Å². The molecule has 1 saturated carbocycles. The number of ether oxygens (including phenoxy) is 1. The highest BCUT2D eigenvalue weighted by molar-refractivity contribution is 6.00. The maximum absolute atomic E-state index is 12.8. The summed E-state index contributed by atoms with van der Waals surface area (Å²) in [6.45, 7) is -2.76. The quantitative estimate of drug-likeness (QED) is 0.307. The Hall–Kier alpha value is -5.20. The van der Waals surface area contributed by atoms with E-state index in [1.165, 1.54) is 23.9 Å². The number of methoxy groups -OCH3 is 1. The summed E-state index contributed by atoms with van der Waals surface area (Å²) in [4.78, 5) is 49.4. The van der Waals surface area contributed by atoms with Crippen molar-refractivity contribution < 1.29 is 18.4 Å². The van der Waals surface area contributed by atoms with Crippen LogP contribution in [-0.4, -0.2) is 55.6 Å². The summed E-state index contributed by atoms with van der Waals surface area (Å²) >= 11 is 0. The minimum absolute atomic E-state index is 0.0757. The largest absolute Gasteiger partial charge is 0.494 e.